The van der Waals surface area contributed by atoms with Gasteiger partial charge in [-0.3, -0.25) is 4.79 Å². The first kappa shape index (κ1) is 19.7. The monoisotopic (exact) mass is 381 g/mol. The maximum Gasteiger partial charge on any atom is 0.284 e. The molecule has 0 spiro atoms. The van der Waals surface area contributed by atoms with Crippen LogP contribution in [0.4, 0.5) is 5.69 Å². The molecule has 2 aromatic rings. The van der Waals surface area contributed by atoms with E-state index in [0.717, 1.165) is 31.5 Å². The second-order valence-corrected chi connectivity index (χ2v) is 6.68. The highest BCUT2D eigenvalue weighted by Gasteiger charge is 2.26. The van der Waals surface area contributed by atoms with Gasteiger partial charge in [-0.1, -0.05) is 38.1 Å². The lowest BCUT2D eigenvalue weighted by Gasteiger charge is -2.24. The standard InChI is InChI=1S/C22H27N3O3/c1-3-13-25(14-4-2)18-11-9-17(10-12-18)15-23-24-22(26)21-16-27-19-7-5-6-8-20(19)28-21/h5-12,15,21H,3-4,13-14,16H2,1-2H3,(H,24,26)/b23-15+. The number of hydrogen-bond acceptors (Lipinski definition) is 5. The number of carbonyl (C=O) groups is 1. The highest BCUT2D eigenvalue weighted by molar-refractivity contribution is 5.85. The van der Waals surface area contributed by atoms with Crippen LogP contribution in [0.3, 0.4) is 0 Å². The maximum atomic E-state index is 12.2. The SMILES string of the molecule is CCCN(CCC)c1ccc(/C=N/NC(=O)C2COc3ccccc3O2)cc1. The van der Waals surface area contributed by atoms with Gasteiger partial charge < -0.3 is 14.4 Å². The third-order valence-corrected chi connectivity index (χ3v) is 4.43. The largest absolute Gasteiger partial charge is 0.485 e. The summed E-state index contributed by atoms with van der Waals surface area (Å²) < 4.78 is 11.2. The first-order valence-electron chi connectivity index (χ1n) is 9.77. The molecular formula is C22H27N3O3. The van der Waals surface area contributed by atoms with Crippen LogP contribution in [-0.4, -0.2) is 37.9 Å². The number of nitrogens with one attached hydrogen (secondary N) is 1. The Bertz CT molecular complexity index is 799. The Labute approximate surface area is 166 Å². The van der Waals surface area contributed by atoms with Gasteiger partial charge in [0.1, 0.15) is 6.61 Å². The van der Waals surface area contributed by atoms with E-state index in [-0.39, 0.29) is 12.5 Å². The molecule has 0 radical (unpaired) electrons. The van der Waals surface area contributed by atoms with E-state index in [2.05, 4.69) is 41.4 Å². The molecule has 1 amide bonds. The summed E-state index contributed by atoms with van der Waals surface area (Å²) in [5, 5.41) is 4.05. The third-order valence-electron chi connectivity index (χ3n) is 4.43. The van der Waals surface area contributed by atoms with Gasteiger partial charge in [0.25, 0.3) is 5.91 Å². The molecule has 1 unspecified atom stereocenters. The van der Waals surface area contributed by atoms with Crippen LogP contribution in [-0.2, 0) is 4.79 Å². The van der Waals surface area contributed by atoms with Crippen LogP contribution in [0.1, 0.15) is 32.3 Å². The number of anilines is 1. The Kier molecular flexibility index (Phi) is 6.89. The second kappa shape index (κ2) is 9.78. The predicted molar refractivity (Wildman–Crippen MR) is 111 cm³/mol. The molecule has 3 rings (SSSR count). The fraction of sp³-hybridized carbons (Fsp3) is 0.364. The fourth-order valence-electron chi connectivity index (χ4n) is 3.07. The zero-order valence-electron chi connectivity index (χ0n) is 16.4. The van der Waals surface area contributed by atoms with Gasteiger partial charge in [-0.15, -0.1) is 0 Å². The average Bonchev–Trinajstić information content (AvgIpc) is 2.73. The van der Waals surface area contributed by atoms with E-state index in [4.69, 9.17) is 9.47 Å². The van der Waals surface area contributed by atoms with Gasteiger partial charge in [0, 0.05) is 18.8 Å². The summed E-state index contributed by atoms with van der Waals surface area (Å²) in [5.74, 6) is 0.881. The lowest BCUT2D eigenvalue weighted by Crippen LogP contribution is -2.42. The zero-order valence-corrected chi connectivity index (χ0v) is 16.4. The molecule has 148 valence electrons. The molecule has 1 atom stereocenters. The van der Waals surface area contributed by atoms with Gasteiger partial charge in [-0.2, -0.15) is 5.10 Å². The lowest BCUT2D eigenvalue weighted by atomic mass is 10.2. The van der Waals surface area contributed by atoms with Crippen LogP contribution in [0, 0.1) is 0 Å². The number of rotatable bonds is 8. The minimum Gasteiger partial charge on any atom is -0.485 e. The smallest absolute Gasteiger partial charge is 0.284 e. The van der Waals surface area contributed by atoms with Crippen molar-refractivity contribution in [1.82, 2.24) is 5.43 Å². The summed E-state index contributed by atoms with van der Waals surface area (Å²) >= 11 is 0. The molecule has 1 aliphatic rings. The van der Waals surface area contributed by atoms with Gasteiger partial charge in [-0.05, 0) is 42.7 Å². The van der Waals surface area contributed by atoms with Crippen molar-refractivity contribution in [2.24, 2.45) is 5.10 Å². The Hall–Kier alpha value is -3.02. The molecule has 0 fully saturated rings. The van der Waals surface area contributed by atoms with E-state index < -0.39 is 6.10 Å². The Morgan fingerprint density at radius 1 is 1.11 bits per heavy atom. The number of fused-ring (bicyclic) bond motifs is 1. The van der Waals surface area contributed by atoms with Crippen LogP contribution >= 0.6 is 0 Å². The Balaban J connectivity index is 1.54. The van der Waals surface area contributed by atoms with Gasteiger partial charge >= 0.3 is 0 Å². The molecule has 6 heteroatoms. The van der Waals surface area contributed by atoms with Crippen LogP contribution in [0.5, 0.6) is 11.5 Å². The summed E-state index contributed by atoms with van der Waals surface area (Å²) in [7, 11) is 0. The van der Waals surface area contributed by atoms with Crippen molar-refractivity contribution in [1.29, 1.82) is 0 Å². The number of carbonyl (C=O) groups excluding carboxylic acids is 1. The van der Waals surface area contributed by atoms with Gasteiger partial charge in [0.15, 0.2) is 11.5 Å². The molecule has 0 aliphatic carbocycles. The highest BCUT2D eigenvalue weighted by Crippen LogP contribution is 2.30. The van der Waals surface area contributed by atoms with Crippen molar-refractivity contribution < 1.29 is 14.3 Å². The van der Waals surface area contributed by atoms with Crippen molar-refractivity contribution in [3.63, 3.8) is 0 Å². The molecule has 1 heterocycles. The molecule has 1 aliphatic heterocycles. The number of benzene rings is 2. The maximum absolute atomic E-state index is 12.2. The van der Waals surface area contributed by atoms with E-state index in [1.807, 2.05) is 30.3 Å². The lowest BCUT2D eigenvalue weighted by molar-refractivity contribution is -0.130. The molecule has 0 saturated carbocycles. The summed E-state index contributed by atoms with van der Waals surface area (Å²) in [6.07, 6.45) is 3.15. The van der Waals surface area contributed by atoms with Crippen molar-refractivity contribution in [2.45, 2.75) is 32.8 Å². The summed E-state index contributed by atoms with van der Waals surface area (Å²) in [6.45, 7) is 6.63. The highest BCUT2D eigenvalue weighted by atomic mass is 16.6. The van der Waals surface area contributed by atoms with Crippen molar-refractivity contribution in [3.8, 4) is 11.5 Å². The zero-order chi connectivity index (χ0) is 19.8. The van der Waals surface area contributed by atoms with E-state index in [9.17, 15) is 4.79 Å². The van der Waals surface area contributed by atoms with Crippen LogP contribution in [0.15, 0.2) is 53.6 Å². The molecule has 2 aromatic carbocycles. The van der Waals surface area contributed by atoms with E-state index >= 15 is 0 Å². The van der Waals surface area contributed by atoms with Gasteiger partial charge in [0.05, 0.1) is 6.21 Å². The number of amides is 1. The van der Waals surface area contributed by atoms with Gasteiger partial charge in [-0.25, -0.2) is 5.43 Å². The number of nitrogens with zero attached hydrogens (tertiary/aromatic N) is 2. The van der Waals surface area contributed by atoms with Crippen molar-refractivity contribution >= 4 is 17.8 Å². The molecule has 1 N–H and O–H groups in total. The van der Waals surface area contributed by atoms with E-state index in [1.54, 1.807) is 12.3 Å². The molecular weight excluding hydrogens is 354 g/mol. The molecule has 0 saturated heterocycles. The quantitative estimate of drug-likeness (QED) is 0.561. The first-order chi connectivity index (χ1) is 13.7. The number of para-hydroxylation sites is 2. The van der Waals surface area contributed by atoms with E-state index in [0.29, 0.717) is 11.5 Å². The molecule has 28 heavy (non-hydrogen) atoms. The number of hydrazone groups is 1. The molecule has 0 bridgehead atoms. The minimum atomic E-state index is -0.717. The van der Waals surface area contributed by atoms with Crippen molar-refractivity contribution in [2.75, 3.05) is 24.6 Å². The van der Waals surface area contributed by atoms with Crippen LogP contribution in [0.2, 0.25) is 0 Å². The normalized spacial score (nSPS) is 15.4. The Morgan fingerprint density at radius 2 is 1.79 bits per heavy atom. The topological polar surface area (TPSA) is 63.2 Å². The second-order valence-electron chi connectivity index (χ2n) is 6.68. The fourth-order valence-corrected chi connectivity index (χ4v) is 3.07. The van der Waals surface area contributed by atoms with Crippen molar-refractivity contribution in [3.05, 3.63) is 54.1 Å². The molecule has 6 nitrogen and oxygen atoms in total. The summed E-state index contributed by atoms with van der Waals surface area (Å²) in [4.78, 5) is 14.6. The van der Waals surface area contributed by atoms with Crippen LogP contribution in [0.25, 0.3) is 0 Å². The predicted octanol–water partition coefficient (Wildman–Crippen LogP) is 3.60. The van der Waals surface area contributed by atoms with E-state index in [1.165, 1.54) is 5.69 Å². The van der Waals surface area contributed by atoms with Gasteiger partial charge in [0.2, 0.25) is 6.10 Å². The minimum absolute atomic E-state index is 0.164. The summed E-state index contributed by atoms with van der Waals surface area (Å²) in [6, 6.07) is 15.5. The third kappa shape index (κ3) is 5.03. The number of hydrogen-bond donors (Lipinski definition) is 1. The summed E-state index contributed by atoms with van der Waals surface area (Å²) in [5.41, 5.74) is 4.65. The van der Waals surface area contributed by atoms with Crippen LogP contribution < -0.4 is 19.8 Å². The average molecular weight is 381 g/mol. The Morgan fingerprint density at radius 3 is 2.46 bits per heavy atom. The number of ether oxygens (including phenoxy) is 2. The first-order valence-corrected chi connectivity index (χ1v) is 9.77. The molecule has 0 aromatic heterocycles.